The molecule has 0 saturated heterocycles. The van der Waals surface area contributed by atoms with Gasteiger partial charge in [-0.3, -0.25) is 14.4 Å². The van der Waals surface area contributed by atoms with E-state index in [0.717, 1.165) is 44.2 Å². The average molecular weight is 558 g/mol. The smallest absolute Gasteiger partial charge is 0.326 e. The van der Waals surface area contributed by atoms with E-state index in [9.17, 15) is 24.3 Å². The quantitative estimate of drug-likeness (QED) is 0.341. The fourth-order valence-corrected chi connectivity index (χ4v) is 8.68. The Kier molecular flexibility index (Phi) is 9.10. The molecule has 0 aromatic heterocycles. The van der Waals surface area contributed by atoms with Gasteiger partial charge in [-0.05, 0) is 106 Å². The molecule has 0 aromatic carbocycles. The summed E-state index contributed by atoms with van der Waals surface area (Å²) in [6.07, 6.45) is 11.6. The Morgan fingerprint density at radius 2 is 1.82 bits per heavy atom. The van der Waals surface area contributed by atoms with E-state index >= 15 is 0 Å². The summed E-state index contributed by atoms with van der Waals surface area (Å²) >= 11 is 0. The number of carbonyl (C=O) groups is 4. The van der Waals surface area contributed by atoms with Crippen LogP contribution in [-0.2, 0) is 24.0 Å². The minimum atomic E-state index is -1.10. The molecule has 4 aliphatic carbocycles. The number of rotatable bonds is 10. The maximum absolute atomic E-state index is 12.4. The Morgan fingerprint density at radius 1 is 1.07 bits per heavy atom. The molecule has 4 rings (SSSR count). The molecule has 0 radical (unpaired) electrons. The van der Waals surface area contributed by atoms with Crippen LogP contribution in [0, 0.1) is 34.5 Å². The SMILES string of the molecule is CCC[C@@H](NC(=O)[C@H](C)NC(=O)CO/N=C1\C=C2CC[C@H]3[C@H]4CC[C@H](C(C)=O)[C@@]4(C)CC[C@H]3[C@@]2(C)CC1)C(=O)O. The molecule has 3 fully saturated rings. The van der Waals surface area contributed by atoms with Crippen LogP contribution in [0.2, 0.25) is 0 Å². The van der Waals surface area contributed by atoms with Gasteiger partial charge >= 0.3 is 5.97 Å². The normalized spacial score (nSPS) is 35.3. The van der Waals surface area contributed by atoms with E-state index in [0.29, 0.717) is 36.4 Å². The number of nitrogens with one attached hydrogen (secondary N) is 2. The first-order valence-corrected chi connectivity index (χ1v) is 15.1. The lowest BCUT2D eigenvalue weighted by Crippen LogP contribution is -2.51. The molecule has 2 amide bonds. The summed E-state index contributed by atoms with van der Waals surface area (Å²) in [6.45, 7) is 9.61. The van der Waals surface area contributed by atoms with Crippen molar-refractivity contribution in [3.8, 4) is 0 Å². The summed E-state index contributed by atoms with van der Waals surface area (Å²) < 4.78 is 0. The summed E-state index contributed by atoms with van der Waals surface area (Å²) in [7, 11) is 0. The average Bonchev–Trinajstić information content (AvgIpc) is 3.26. The molecular weight excluding hydrogens is 510 g/mol. The molecule has 0 heterocycles. The molecular formula is C31H47N3O6. The molecule has 0 aromatic rings. The van der Waals surface area contributed by atoms with Gasteiger partial charge in [-0.25, -0.2) is 4.79 Å². The molecule has 0 spiro atoms. The van der Waals surface area contributed by atoms with Crippen molar-refractivity contribution in [2.45, 2.75) is 111 Å². The molecule has 0 aliphatic heterocycles. The molecule has 9 heteroatoms. The Bertz CT molecular complexity index is 1080. The molecule has 8 atom stereocenters. The third-order valence-electron chi connectivity index (χ3n) is 10.8. The zero-order valence-electron chi connectivity index (χ0n) is 24.8. The van der Waals surface area contributed by atoms with Gasteiger partial charge in [0.1, 0.15) is 17.9 Å². The van der Waals surface area contributed by atoms with E-state index in [1.807, 2.05) is 6.92 Å². The van der Waals surface area contributed by atoms with Gasteiger partial charge in [-0.15, -0.1) is 0 Å². The molecule has 9 nitrogen and oxygen atoms in total. The van der Waals surface area contributed by atoms with E-state index < -0.39 is 29.9 Å². The fourth-order valence-electron chi connectivity index (χ4n) is 8.68. The number of amides is 2. The number of allylic oxidation sites excluding steroid dienone is 2. The van der Waals surface area contributed by atoms with Crippen molar-refractivity contribution in [2.75, 3.05) is 6.61 Å². The van der Waals surface area contributed by atoms with Crippen molar-refractivity contribution in [3.05, 3.63) is 11.6 Å². The third kappa shape index (κ3) is 5.84. The minimum Gasteiger partial charge on any atom is -0.480 e. The number of carboxylic acid groups (broad SMARTS) is 1. The Hall–Kier alpha value is -2.71. The van der Waals surface area contributed by atoms with Crippen LogP contribution in [0.4, 0.5) is 0 Å². The standard InChI is InChI=1S/C31H47N3O6/c1-6-7-26(29(38)39)33-28(37)18(2)32-27(36)17-40-34-21-12-14-30(4)20(16-21)8-9-22-24-11-10-23(19(3)35)31(24,5)15-13-25(22)30/h16,18,22-26H,6-15,17H2,1-5H3,(H,32,36)(H,33,37)(H,38,39)/b34-21-/t18-,22-,23+,24+,25+,26+,30-,31+/m0/s1. The maximum Gasteiger partial charge on any atom is 0.326 e. The summed E-state index contributed by atoms with van der Waals surface area (Å²) in [5.74, 6) is 0.407. The number of fused-ring (bicyclic) bond motifs is 5. The second-order valence-electron chi connectivity index (χ2n) is 13.1. The molecule has 222 valence electrons. The fraction of sp³-hybridized carbons (Fsp3) is 0.774. The van der Waals surface area contributed by atoms with E-state index in [2.05, 4.69) is 35.7 Å². The predicted molar refractivity (Wildman–Crippen MR) is 151 cm³/mol. The number of oxime groups is 1. The number of hydrogen-bond donors (Lipinski definition) is 3. The van der Waals surface area contributed by atoms with E-state index in [1.54, 1.807) is 6.92 Å². The lowest BCUT2D eigenvalue weighted by Gasteiger charge is -2.58. The summed E-state index contributed by atoms with van der Waals surface area (Å²) in [4.78, 5) is 53.7. The zero-order chi connectivity index (χ0) is 29.2. The second kappa shape index (κ2) is 12.0. The number of carbonyl (C=O) groups excluding carboxylic acids is 3. The number of carboxylic acids is 1. The highest BCUT2D eigenvalue weighted by atomic mass is 16.6. The number of Topliss-reactive ketones (excluding diaryl/α,β-unsaturated/α-hetero) is 1. The topological polar surface area (TPSA) is 134 Å². The van der Waals surface area contributed by atoms with Gasteiger partial charge in [0.2, 0.25) is 5.91 Å². The van der Waals surface area contributed by atoms with Crippen LogP contribution in [-0.4, -0.2) is 53.1 Å². The van der Waals surface area contributed by atoms with Gasteiger partial charge in [0, 0.05) is 5.92 Å². The van der Waals surface area contributed by atoms with Gasteiger partial charge in [0.15, 0.2) is 6.61 Å². The van der Waals surface area contributed by atoms with Crippen molar-refractivity contribution in [3.63, 3.8) is 0 Å². The first kappa shape index (κ1) is 30.3. The van der Waals surface area contributed by atoms with E-state index in [1.165, 1.54) is 25.3 Å². The second-order valence-corrected chi connectivity index (χ2v) is 13.1. The van der Waals surface area contributed by atoms with Crippen LogP contribution in [0.1, 0.15) is 98.8 Å². The molecule has 3 N–H and O–H groups in total. The zero-order valence-corrected chi connectivity index (χ0v) is 24.8. The summed E-state index contributed by atoms with van der Waals surface area (Å²) in [6, 6.07) is -1.87. The lowest BCUT2D eigenvalue weighted by atomic mass is 9.46. The van der Waals surface area contributed by atoms with Gasteiger partial charge in [-0.2, -0.15) is 0 Å². The van der Waals surface area contributed by atoms with E-state index in [4.69, 9.17) is 4.84 Å². The number of nitrogens with zero attached hydrogens (tertiary/aromatic N) is 1. The third-order valence-corrected chi connectivity index (χ3v) is 10.8. The van der Waals surface area contributed by atoms with Crippen molar-refractivity contribution >= 4 is 29.3 Å². The van der Waals surface area contributed by atoms with Crippen LogP contribution in [0.5, 0.6) is 0 Å². The number of ketones is 1. The highest BCUT2D eigenvalue weighted by molar-refractivity contribution is 5.96. The largest absolute Gasteiger partial charge is 0.480 e. The van der Waals surface area contributed by atoms with Crippen LogP contribution in [0.3, 0.4) is 0 Å². The van der Waals surface area contributed by atoms with Crippen LogP contribution >= 0.6 is 0 Å². The van der Waals surface area contributed by atoms with Crippen molar-refractivity contribution in [2.24, 2.45) is 39.7 Å². The van der Waals surface area contributed by atoms with Gasteiger partial charge in [0.05, 0.1) is 5.71 Å². The molecule has 40 heavy (non-hydrogen) atoms. The summed E-state index contributed by atoms with van der Waals surface area (Å²) in [5.41, 5.74) is 2.57. The maximum atomic E-state index is 12.4. The monoisotopic (exact) mass is 557 g/mol. The molecule has 0 unspecified atom stereocenters. The van der Waals surface area contributed by atoms with Crippen LogP contribution in [0.15, 0.2) is 16.8 Å². The Morgan fingerprint density at radius 3 is 2.50 bits per heavy atom. The van der Waals surface area contributed by atoms with Crippen LogP contribution < -0.4 is 10.6 Å². The lowest BCUT2D eigenvalue weighted by molar-refractivity contribution is -0.142. The number of hydrogen-bond acceptors (Lipinski definition) is 6. The molecule has 3 saturated carbocycles. The number of aliphatic carboxylic acids is 1. The minimum absolute atomic E-state index is 0.142. The van der Waals surface area contributed by atoms with Gasteiger partial charge in [0.25, 0.3) is 5.91 Å². The van der Waals surface area contributed by atoms with Crippen LogP contribution in [0.25, 0.3) is 0 Å². The first-order chi connectivity index (χ1) is 18.9. The van der Waals surface area contributed by atoms with Crippen molar-refractivity contribution < 1.29 is 29.1 Å². The predicted octanol–water partition coefficient (Wildman–Crippen LogP) is 4.40. The van der Waals surface area contributed by atoms with Crippen molar-refractivity contribution in [1.82, 2.24) is 10.6 Å². The Labute approximate surface area is 237 Å². The highest BCUT2D eigenvalue weighted by Gasteiger charge is 2.59. The molecule has 4 aliphatic rings. The molecule has 0 bridgehead atoms. The van der Waals surface area contributed by atoms with E-state index in [-0.39, 0.29) is 23.4 Å². The van der Waals surface area contributed by atoms with Gasteiger partial charge < -0.3 is 20.6 Å². The van der Waals surface area contributed by atoms with Gasteiger partial charge in [-0.1, -0.05) is 37.9 Å². The summed E-state index contributed by atoms with van der Waals surface area (Å²) in [5, 5.41) is 18.5. The Balaban J connectivity index is 1.31. The highest BCUT2D eigenvalue weighted by Crippen LogP contribution is 2.66. The first-order valence-electron chi connectivity index (χ1n) is 15.1. The van der Waals surface area contributed by atoms with Crippen molar-refractivity contribution in [1.29, 1.82) is 0 Å².